The summed E-state index contributed by atoms with van der Waals surface area (Å²) >= 11 is 0. The highest BCUT2D eigenvalue weighted by molar-refractivity contribution is 5.29. The fraction of sp³-hybridized carbons (Fsp3) is 0.462. The number of hydrogen-bond acceptors (Lipinski definition) is 2. The first kappa shape index (κ1) is 11.7. The van der Waals surface area contributed by atoms with Crippen LogP contribution in [0.4, 0.5) is 0 Å². The Morgan fingerprint density at radius 2 is 2.00 bits per heavy atom. The number of benzene rings is 1. The van der Waals surface area contributed by atoms with Crippen LogP contribution >= 0.6 is 0 Å². The van der Waals surface area contributed by atoms with Crippen molar-refractivity contribution in [1.82, 2.24) is 4.90 Å². The second-order valence-corrected chi connectivity index (χ2v) is 4.06. The van der Waals surface area contributed by atoms with Crippen molar-refractivity contribution in [3.05, 3.63) is 34.9 Å². The Bertz CT molecular complexity index is 363. The highest BCUT2D eigenvalue weighted by atomic mass is 15.1. The number of aryl methyl sites for hydroxylation is 2. The molecule has 1 aromatic rings. The monoisotopic (exact) mass is 202 g/mol. The highest BCUT2D eigenvalue weighted by Crippen LogP contribution is 2.11. The van der Waals surface area contributed by atoms with Crippen molar-refractivity contribution in [2.24, 2.45) is 0 Å². The van der Waals surface area contributed by atoms with Gasteiger partial charge in [-0.3, -0.25) is 0 Å². The molecule has 1 aromatic carbocycles. The molecule has 0 aliphatic carbocycles. The van der Waals surface area contributed by atoms with Crippen LogP contribution in [0.3, 0.4) is 0 Å². The van der Waals surface area contributed by atoms with Gasteiger partial charge in [0, 0.05) is 19.5 Å². The highest BCUT2D eigenvalue weighted by Gasteiger charge is 2.01. The molecule has 0 unspecified atom stereocenters. The summed E-state index contributed by atoms with van der Waals surface area (Å²) in [7, 11) is 2.05. The van der Waals surface area contributed by atoms with E-state index >= 15 is 0 Å². The van der Waals surface area contributed by atoms with Gasteiger partial charge in [0.2, 0.25) is 0 Å². The van der Waals surface area contributed by atoms with Crippen LogP contribution in [0.5, 0.6) is 0 Å². The molecule has 15 heavy (non-hydrogen) atoms. The minimum atomic E-state index is 0.599. The molecular weight excluding hydrogens is 184 g/mol. The molecule has 0 aromatic heterocycles. The van der Waals surface area contributed by atoms with Gasteiger partial charge in [0.05, 0.1) is 6.07 Å². The van der Waals surface area contributed by atoms with E-state index in [9.17, 15) is 0 Å². The lowest BCUT2D eigenvalue weighted by atomic mass is 10.1. The normalized spacial score (nSPS) is 10.3. The van der Waals surface area contributed by atoms with E-state index in [-0.39, 0.29) is 0 Å². The van der Waals surface area contributed by atoms with E-state index in [2.05, 4.69) is 43.0 Å². The van der Waals surface area contributed by atoms with Gasteiger partial charge >= 0.3 is 0 Å². The van der Waals surface area contributed by atoms with Crippen molar-refractivity contribution in [3.63, 3.8) is 0 Å². The van der Waals surface area contributed by atoms with Gasteiger partial charge in [-0.15, -0.1) is 0 Å². The van der Waals surface area contributed by atoms with Crippen molar-refractivity contribution in [2.75, 3.05) is 13.6 Å². The second kappa shape index (κ2) is 5.53. The summed E-state index contributed by atoms with van der Waals surface area (Å²) in [5.74, 6) is 0. The molecule has 0 saturated heterocycles. The minimum Gasteiger partial charge on any atom is -0.301 e. The molecule has 0 aliphatic rings. The van der Waals surface area contributed by atoms with Crippen molar-refractivity contribution in [2.45, 2.75) is 26.8 Å². The fourth-order valence-corrected chi connectivity index (χ4v) is 1.53. The molecule has 0 fully saturated rings. The summed E-state index contributed by atoms with van der Waals surface area (Å²) in [5.41, 5.74) is 3.98. The summed E-state index contributed by atoms with van der Waals surface area (Å²) in [6.07, 6.45) is 0.599. The van der Waals surface area contributed by atoms with E-state index in [1.54, 1.807) is 0 Å². The molecule has 0 N–H and O–H groups in total. The zero-order valence-corrected chi connectivity index (χ0v) is 9.75. The van der Waals surface area contributed by atoms with Gasteiger partial charge in [0.25, 0.3) is 0 Å². The molecule has 0 bridgehead atoms. The molecule has 0 spiro atoms. The lowest BCUT2D eigenvalue weighted by Crippen LogP contribution is -2.18. The number of hydrogen-bond donors (Lipinski definition) is 0. The van der Waals surface area contributed by atoms with Crippen molar-refractivity contribution in [1.29, 1.82) is 5.26 Å². The van der Waals surface area contributed by atoms with Crippen LogP contribution < -0.4 is 0 Å². The molecule has 80 valence electrons. The van der Waals surface area contributed by atoms with Gasteiger partial charge in [0.1, 0.15) is 0 Å². The average Bonchev–Trinajstić information content (AvgIpc) is 2.20. The third-order valence-electron chi connectivity index (χ3n) is 2.63. The molecular formula is C13H18N2. The van der Waals surface area contributed by atoms with Gasteiger partial charge in [-0.2, -0.15) is 5.26 Å². The summed E-state index contributed by atoms with van der Waals surface area (Å²) in [6, 6.07) is 8.70. The molecule has 0 atom stereocenters. The third kappa shape index (κ3) is 3.73. The van der Waals surface area contributed by atoms with Crippen LogP contribution in [0.15, 0.2) is 18.2 Å². The van der Waals surface area contributed by atoms with Gasteiger partial charge < -0.3 is 4.90 Å². The molecule has 2 heteroatoms. The Balaban J connectivity index is 2.57. The van der Waals surface area contributed by atoms with Crippen molar-refractivity contribution >= 4 is 0 Å². The molecule has 0 amide bonds. The summed E-state index contributed by atoms with van der Waals surface area (Å²) in [6.45, 7) is 6.01. The topological polar surface area (TPSA) is 27.0 Å². The lowest BCUT2D eigenvalue weighted by Gasteiger charge is -2.15. The van der Waals surface area contributed by atoms with Gasteiger partial charge in [-0.25, -0.2) is 0 Å². The Hall–Kier alpha value is -1.33. The standard InChI is InChI=1S/C13H18N2/c1-11-5-6-13(9-12(11)2)10-15(3)8-4-7-14/h5-6,9H,4,8,10H2,1-3H3. The SMILES string of the molecule is Cc1ccc(CN(C)CCC#N)cc1C. The Kier molecular flexibility index (Phi) is 4.33. The Morgan fingerprint density at radius 1 is 1.27 bits per heavy atom. The second-order valence-electron chi connectivity index (χ2n) is 4.06. The molecule has 0 saturated carbocycles. The first-order valence-electron chi connectivity index (χ1n) is 5.25. The van der Waals surface area contributed by atoms with Gasteiger partial charge in [-0.05, 0) is 37.6 Å². The molecule has 0 aliphatic heterocycles. The summed E-state index contributed by atoms with van der Waals surface area (Å²) in [4.78, 5) is 2.17. The molecule has 0 radical (unpaired) electrons. The van der Waals surface area contributed by atoms with Crippen LogP contribution in [0.25, 0.3) is 0 Å². The zero-order valence-electron chi connectivity index (χ0n) is 9.75. The van der Waals surface area contributed by atoms with Crippen molar-refractivity contribution < 1.29 is 0 Å². The average molecular weight is 202 g/mol. The molecule has 2 nitrogen and oxygen atoms in total. The van der Waals surface area contributed by atoms with Crippen LogP contribution in [0, 0.1) is 25.2 Å². The maximum absolute atomic E-state index is 8.49. The smallest absolute Gasteiger partial charge is 0.0635 e. The van der Waals surface area contributed by atoms with Gasteiger partial charge in [0.15, 0.2) is 0 Å². The van der Waals surface area contributed by atoms with E-state index in [4.69, 9.17) is 5.26 Å². The van der Waals surface area contributed by atoms with E-state index in [1.807, 2.05) is 7.05 Å². The maximum atomic E-state index is 8.49. The fourth-order valence-electron chi connectivity index (χ4n) is 1.53. The predicted molar refractivity (Wildman–Crippen MR) is 62.5 cm³/mol. The van der Waals surface area contributed by atoms with E-state index < -0.39 is 0 Å². The van der Waals surface area contributed by atoms with Crippen LogP contribution in [-0.2, 0) is 6.54 Å². The number of nitrogens with zero attached hydrogens (tertiary/aromatic N) is 2. The van der Waals surface area contributed by atoms with Gasteiger partial charge in [-0.1, -0.05) is 18.2 Å². The van der Waals surface area contributed by atoms with Crippen LogP contribution in [0.2, 0.25) is 0 Å². The first-order chi connectivity index (χ1) is 7.13. The van der Waals surface area contributed by atoms with Crippen LogP contribution in [0.1, 0.15) is 23.1 Å². The van der Waals surface area contributed by atoms with Crippen molar-refractivity contribution in [3.8, 4) is 6.07 Å². The number of rotatable bonds is 4. The van der Waals surface area contributed by atoms with E-state index in [0.717, 1.165) is 13.1 Å². The number of nitriles is 1. The first-order valence-corrected chi connectivity index (χ1v) is 5.25. The molecule has 0 heterocycles. The van der Waals surface area contributed by atoms with E-state index in [1.165, 1.54) is 16.7 Å². The lowest BCUT2D eigenvalue weighted by molar-refractivity contribution is 0.335. The largest absolute Gasteiger partial charge is 0.301 e. The zero-order chi connectivity index (χ0) is 11.3. The maximum Gasteiger partial charge on any atom is 0.0635 e. The predicted octanol–water partition coefficient (Wildman–Crippen LogP) is 2.65. The Labute approximate surface area is 92.1 Å². The quantitative estimate of drug-likeness (QED) is 0.750. The Morgan fingerprint density at radius 3 is 2.60 bits per heavy atom. The molecule has 1 rings (SSSR count). The minimum absolute atomic E-state index is 0.599. The third-order valence-corrected chi connectivity index (χ3v) is 2.63. The van der Waals surface area contributed by atoms with E-state index in [0.29, 0.717) is 6.42 Å². The van der Waals surface area contributed by atoms with Crippen LogP contribution in [-0.4, -0.2) is 18.5 Å². The summed E-state index contributed by atoms with van der Waals surface area (Å²) < 4.78 is 0. The summed E-state index contributed by atoms with van der Waals surface area (Å²) in [5, 5.41) is 8.49.